The molecule has 0 bridgehead atoms. The van der Waals surface area contributed by atoms with Gasteiger partial charge in [0.05, 0.1) is 16.4 Å². The second-order valence-electron chi connectivity index (χ2n) is 7.26. The number of fused-ring (bicyclic) bond motifs is 1. The number of rotatable bonds is 4. The first kappa shape index (κ1) is 18.8. The molecular formula is C19H21F2N5OS. The van der Waals surface area contributed by atoms with Crippen molar-refractivity contribution in [1.29, 1.82) is 0 Å². The number of hydrogen-bond donors (Lipinski definition) is 1. The van der Waals surface area contributed by atoms with E-state index in [1.165, 1.54) is 16.5 Å². The third kappa shape index (κ3) is 3.47. The van der Waals surface area contributed by atoms with Gasteiger partial charge in [-0.15, -0.1) is 11.3 Å². The molecule has 1 amide bonds. The molecule has 3 aromatic heterocycles. The van der Waals surface area contributed by atoms with Crippen LogP contribution in [0.2, 0.25) is 0 Å². The lowest BCUT2D eigenvalue weighted by Crippen LogP contribution is -2.31. The Bertz CT molecular complexity index is 1040. The zero-order valence-electron chi connectivity index (χ0n) is 15.9. The van der Waals surface area contributed by atoms with Crippen molar-refractivity contribution in [1.82, 2.24) is 14.3 Å². The molecule has 28 heavy (non-hydrogen) atoms. The zero-order valence-corrected chi connectivity index (χ0v) is 16.7. The largest absolute Gasteiger partial charge is 0.362 e. The van der Waals surface area contributed by atoms with Crippen LogP contribution in [0.15, 0.2) is 24.5 Å². The lowest BCUT2D eigenvalue weighted by Gasteiger charge is -2.20. The highest BCUT2D eigenvalue weighted by atomic mass is 32.1. The molecule has 6 nitrogen and oxygen atoms in total. The molecule has 0 radical (unpaired) electrons. The highest BCUT2D eigenvalue weighted by Crippen LogP contribution is 2.33. The molecule has 0 saturated carbocycles. The fraction of sp³-hybridized carbons (Fsp3) is 0.368. The number of aryl methyl sites for hydroxylation is 1. The van der Waals surface area contributed by atoms with Crippen LogP contribution >= 0.6 is 11.3 Å². The summed E-state index contributed by atoms with van der Waals surface area (Å²) >= 11 is 1.12. The van der Waals surface area contributed by atoms with Gasteiger partial charge in [0.1, 0.15) is 10.7 Å². The van der Waals surface area contributed by atoms with Crippen LogP contribution in [0.3, 0.4) is 0 Å². The van der Waals surface area contributed by atoms with E-state index in [4.69, 9.17) is 0 Å². The minimum Gasteiger partial charge on any atom is -0.362 e. The number of thiophene rings is 1. The Kier molecular flexibility index (Phi) is 4.80. The average molecular weight is 405 g/mol. The van der Waals surface area contributed by atoms with Gasteiger partial charge >= 0.3 is 0 Å². The summed E-state index contributed by atoms with van der Waals surface area (Å²) in [5.41, 5.74) is 1.10. The van der Waals surface area contributed by atoms with Crippen LogP contribution in [-0.2, 0) is 0 Å². The first-order valence-corrected chi connectivity index (χ1v) is 9.80. The van der Waals surface area contributed by atoms with Gasteiger partial charge in [-0.2, -0.15) is 0 Å². The zero-order chi connectivity index (χ0) is 20.0. The number of nitrogens with zero attached hydrogens (tertiary/aromatic N) is 4. The number of hydrogen-bond acceptors (Lipinski definition) is 5. The number of carbonyl (C=O) groups is 1. The van der Waals surface area contributed by atoms with Crippen LogP contribution in [0.25, 0.3) is 5.65 Å². The number of nitrogens with one attached hydrogen (secondary N) is 1. The molecule has 3 aromatic rings. The number of imidazole rings is 1. The van der Waals surface area contributed by atoms with Crippen molar-refractivity contribution in [3.63, 3.8) is 0 Å². The number of likely N-dealkylation sites (N-methyl/N-ethyl adjacent to an activating group) is 1. The normalized spacial score (nSPS) is 17.1. The molecule has 1 aliphatic rings. The van der Waals surface area contributed by atoms with Crippen LogP contribution in [-0.4, -0.2) is 53.4 Å². The second kappa shape index (κ2) is 7.14. The molecule has 0 spiro atoms. The standard InChI is InChI=1S/C19H21F2N5OS/c1-11-8-26-9-12(6-15(21)18(26)22-11)23-19(27)17-14(20)7-16(28-17)25-5-4-13(10-25)24(2)3/h6-9,13H,4-5,10H2,1-3H3,(H,23,27). The molecule has 4 rings (SSSR count). The average Bonchev–Trinajstić information content (AvgIpc) is 3.32. The first-order valence-electron chi connectivity index (χ1n) is 8.98. The maximum absolute atomic E-state index is 14.4. The minimum absolute atomic E-state index is 0.00869. The minimum atomic E-state index is -0.590. The van der Waals surface area contributed by atoms with Crippen molar-refractivity contribution in [3.8, 4) is 0 Å². The summed E-state index contributed by atoms with van der Waals surface area (Å²) < 4.78 is 30.1. The molecule has 1 aliphatic heterocycles. The Morgan fingerprint density at radius 1 is 1.29 bits per heavy atom. The third-order valence-corrected chi connectivity index (χ3v) is 6.14. The molecule has 4 heterocycles. The maximum atomic E-state index is 14.4. The van der Waals surface area contributed by atoms with E-state index in [1.54, 1.807) is 19.3 Å². The number of amides is 1. The maximum Gasteiger partial charge on any atom is 0.268 e. The van der Waals surface area contributed by atoms with E-state index in [1.807, 2.05) is 14.1 Å². The Morgan fingerprint density at radius 3 is 2.79 bits per heavy atom. The van der Waals surface area contributed by atoms with Gasteiger partial charge in [0, 0.05) is 43.7 Å². The SMILES string of the molecule is Cc1cn2cc(NC(=O)c3sc(N4CCC(N(C)C)C4)cc3F)cc(F)c2n1. The molecule has 9 heteroatoms. The quantitative estimate of drug-likeness (QED) is 0.723. The molecule has 148 valence electrons. The Labute approximate surface area is 165 Å². The van der Waals surface area contributed by atoms with Crippen molar-refractivity contribution in [2.45, 2.75) is 19.4 Å². The molecule has 1 atom stereocenters. The Hall–Kier alpha value is -2.52. The van der Waals surface area contributed by atoms with E-state index >= 15 is 0 Å². The third-order valence-electron chi connectivity index (χ3n) is 4.97. The summed E-state index contributed by atoms with van der Waals surface area (Å²) in [6.45, 7) is 3.38. The van der Waals surface area contributed by atoms with Gasteiger partial charge in [-0.25, -0.2) is 13.8 Å². The molecule has 1 N–H and O–H groups in total. The fourth-order valence-electron chi connectivity index (χ4n) is 3.47. The summed E-state index contributed by atoms with van der Waals surface area (Å²) in [6, 6.07) is 3.00. The molecular weight excluding hydrogens is 384 g/mol. The van der Waals surface area contributed by atoms with Crippen LogP contribution in [0.1, 0.15) is 21.8 Å². The molecule has 1 unspecified atom stereocenters. The van der Waals surface area contributed by atoms with Crippen LogP contribution in [0, 0.1) is 18.6 Å². The van der Waals surface area contributed by atoms with Crippen molar-refractivity contribution in [2.24, 2.45) is 0 Å². The van der Waals surface area contributed by atoms with Crippen molar-refractivity contribution >= 4 is 33.6 Å². The number of aromatic nitrogens is 2. The van der Waals surface area contributed by atoms with Crippen molar-refractivity contribution in [3.05, 3.63) is 46.7 Å². The summed E-state index contributed by atoms with van der Waals surface area (Å²) in [7, 11) is 4.06. The molecule has 1 saturated heterocycles. The number of carbonyl (C=O) groups excluding carboxylic acids is 1. The van der Waals surface area contributed by atoms with Gasteiger partial charge in [-0.3, -0.25) is 4.79 Å². The predicted molar refractivity (Wildman–Crippen MR) is 106 cm³/mol. The van der Waals surface area contributed by atoms with E-state index < -0.39 is 17.5 Å². The number of anilines is 2. The van der Waals surface area contributed by atoms with Crippen LogP contribution in [0.4, 0.5) is 19.5 Å². The molecule has 1 fully saturated rings. The van der Waals surface area contributed by atoms with Gasteiger partial charge in [-0.05, 0) is 27.4 Å². The van der Waals surface area contributed by atoms with E-state index in [0.717, 1.165) is 35.8 Å². The molecule has 0 aliphatic carbocycles. The summed E-state index contributed by atoms with van der Waals surface area (Å²) in [4.78, 5) is 20.9. The topological polar surface area (TPSA) is 52.9 Å². The lowest BCUT2D eigenvalue weighted by molar-refractivity contribution is 0.102. The fourth-order valence-corrected chi connectivity index (χ4v) is 4.43. The highest BCUT2D eigenvalue weighted by Gasteiger charge is 2.27. The van der Waals surface area contributed by atoms with Crippen LogP contribution < -0.4 is 10.2 Å². The smallest absolute Gasteiger partial charge is 0.268 e. The highest BCUT2D eigenvalue weighted by molar-refractivity contribution is 7.18. The van der Waals surface area contributed by atoms with Crippen molar-refractivity contribution in [2.75, 3.05) is 37.4 Å². The Morgan fingerprint density at radius 2 is 2.07 bits per heavy atom. The lowest BCUT2D eigenvalue weighted by atomic mass is 10.2. The summed E-state index contributed by atoms with van der Waals surface area (Å²) in [6.07, 6.45) is 4.22. The van der Waals surface area contributed by atoms with E-state index in [2.05, 4.69) is 20.1 Å². The van der Waals surface area contributed by atoms with E-state index in [9.17, 15) is 13.6 Å². The number of pyridine rings is 1. The van der Waals surface area contributed by atoms with E-state index in [-0.39, 0.29) is 16.2 Å². The second-order valence-corrected chi connectivity index (χ2v) is 8.29. The Balaban J connectivity index is 1.53. The van der Waals surface area contributed by atoms with Gasteiger partial charge in [0.2, 0.25) is 0 Å². The predicted octanol–water partition coefficient (Wildman–Crippen LogP) is 3.38. The monoisotopic (exact) mass is 405 g/mol. The van der Waals surface area contributed by atoms with Gasteiger partial charge in [0.25, 0.3) is 5.91 Å². The summed E-state index contributed by atoms with van der Waals surface area (Å²) in [5, 5.41) is 3.32. The van der Waals surface area contributed by atoms with Gasteiger partial charge < -0.3 is 19.5 Å². The van der Waals surface area contributed by atoms with Gasteiger partial charge in [-0.1, -0.05) is 0 Å². The first-order chi connectivity index (χ1) is 13.3. The molecule has 0 aromatic carbocycles. The van der Waals surface area contributed by atoms with Crippen LogP contribution in [0.5, 0.6) is 0 Å². The van der Waals surface area contributed by atoms with Gasteiger partial charge in [0.15, 0.2) is 11.5 Å². The van der Waals surface area contributed by atoms with Crippen molar-refractivity contribution < 1.29 is 13.6 Å². The van der Waals surface area contributed by atoms with E-state index in [0.29, 0.717) is 11.7 Å². The summed E-state index contributed by atoms with van der Waals surface area (Å²) in [5.74, 6) is -1.71. The number of halogens is 2.